The predicted octanol–water partition coefficient (Wildman–Crippen LogP) is 9.07. The highest BCUT2D eigenvalue weighted by Crippen LogP contribution is 2.39. The van der Waals surface area contributed by atoms with Crippen LogP contribution < -0.4 is 0 Å². The highest BCUT2D eigenvalue weighted by molar-refractivity contribution is 5.28. The molecule has 4 rings (SSSR count). The van der Waals surface area contributed by atoms with Gasteiger partial charge >= 0.3 is 0 Å². The Kier molecular flexibility index (Phi) is 9.21. The van der Waals surface area contributed by atoms with E-state index >= 15 is 0 Å². The lowest BCUT2D eigenvalue weighted by molar-refractivity contribution is -0.926. The zero-order valence-electron chi connectivity index (χ0n) is 22.3. The molecule has 0 spiro atoms. The van der Waals surface area contributed by atoms with Gasteiger partial charge in [-0.25, -0.2) is 0 Å². The Morgan fingerprint density at radius 2 is 1.03 bits per heavy atom. The number of rotatable bonds is 11. The third kappa shape index (κ3) is 7.07. The molecule has 1 aliphatic rings. The van der Waals surface area contributed by atoms with Gasteiger partial charge in [0.25, 0.3) is 0 Å². The van der Waals surface area contributed by atoms with Crippen LogP contribution in [0.15, 0.2) is 84.9 Å². The van der Waals surface area contributed by atoms with Crippen LogP contribution in [0.1, 0.15) is 98.8 Å². The Balaban J connectivity index is 1.56. The fourth-order valence-corrected chi connectivity index (χ4v) is 6.35. The van der Waals surface area contributed by atoms with Gasteiger partial charge in [0, 0.05) is 5.56 Å². The molecule has 1 heteroatoms. The molecule has 3 aromatic carbocycles. The lowest BCUT2D eigenvalue weighted by atomic mass is 9.77. The maximum atomic E-state index is 2.46. The summed E-state index contributed by atoms with van der Waals surface area (Å²) in [7, 11) is 2.45. The topological polar surface area (TPSA) is 0 Å². The van der Waals surface area contributed by atoms with Crippen LogP contribution in [0.5, 0.6) is 0 Å². The third-order valence-electron chi connectivity index (χ3n) is 8.58. The first kappa shape index (κ1) is 25.7. The number of benzene rings is 3. The number of hydrogen-bond acceptors (Lipinski definition) is 0. The molecule has 0 N–H and O–H groups in total. The fraction of sp³-hybridized carbons (Fsp3) is 0.471. The molecule has 0 radical (unpaired) electrons. The lowest BCUT2D eigenvalue weighted by Gasteiger charge is -2.38. The van der Waals surface area contributed by atoms with E-state index in [1.165, 1.54) is 91.3 Å². The summed E-state index contributed by atoms with van der Waals surface area (Å²) in [5, 5.41) is 0. The van der Waals surface area contributed by atoms with Crippen molar-refractivity contribution in [3.8, 4) is 0 Å². The van der Waals surface area contributed by atoms with Crippen molar-refractivity contribution in [2.45, 2.75) is 83.1 Å². The SMILES string of the molecule is CCC(CC(CC(CC)c1ccccc1)c1ccc(C[N+]2(C)CCCCC2)cc1)c1ccccc1. The first-order chi connectivity index (χ1) is 17.1. The minimum atomic E-state index is 0.569. The van der Waals surface area contributed by atoms with Crippen LogP contribution >= 0.6 is 0 Å². The Morgan fingerprint density at radius 1 is 0.571 bits per heavy atom. The van der Waals surface area contributed by atoms with Gasteiger partial charge in [-0.05, 0) is 79.4 Å². The van der Waals surface area contributed by atoms with Gasteiger partial charge in [-0.1, -0.05) is 98.8 Å². The lowest BCUT2D eigenvalue weighted by Crippen LogP contribution is -2.46. The van der Waals surface area contributed by atoms with Gasteiger partial charge in [-0.15, -0.1) is 0 Å². The van der Waals surface area contributed by atoms with Gasteiger partial charge < -0.3 is 4.48 Å². The number of likely N-dealkylation sites (tertiary alicyclic amines) is 1. The molecule has 1 heterocycles. The van der Waals surface area contributed by atoms with Crippen LogP contribution in [0, 0.1) is 0 Å². The molecule has 0 amide bonds. The summed E-state index contributed by atoms with van der Waals surface area (Å²) < 4.78 is 1.21. The Labute approximate surface area is 214 Å². The molecule has 0 bridgehead atoms. The summed E-state index contributed by atoms with van der Waals surface area (Å²) in [5.74, 6) is 1.78. The van der Waals surface area contributed by atoms with Crippen molar-refractivity contribution in [1.82, 2.24) is 0 Å². The van der Waals surface area contributed by atoms with Crippen molar-refractivity contribution in [2.75, 3.05) is 20.1 Å². The van der Waals surface area contributed by atoms with Gasteiger partial charge in [-0.2, -0.15) is 0 Å². The first-order valence-corrected chi connectivity index (χ1v) is 14.1. The van der Waals surface area contributed by atoms with E-state index in [1.807, 2.05) is 0 Å². The monoisotopic (exact) mass is 468 g/mol. The van der Waals surface area contributed by atoms with Crippen LogP contribution in [-0.2, 0) is 6.54 Å². The Bertz CT molecular complexity index is 936. The van der Waals surface area contributed by atoms with Crippen LogP contribution in [-0.4, -0.2) is 24.6 Å². The summed E-state index contributed by atoms with van der Waals surface area (Å²) in [6, 6.07) is 32.2. The van der Waals surface area contributed by atoms with Crippen molar-refractivity contribution in [3.05, 3.63) is 107 Å². The molecular weight excluding hydrogens is 422 g/mol. The highest BCUT2D eigenvalue weighted by Gasteiger charge is 2.26. The maximum Gasteiger partial charge on any atom is 0.104 e. The largest absolute Gasteiger partial charge is 0.322 e. The van der Waals surface area contributed by atoms with Gasteiger partial charge in [0.2, 0.25) is 0 Å². The van der Waals surface area contributed by atoms with E-state index in [9.17, 15) is 0 Å². The first-order valence-electron chi connectivity index (χ1n) is 14.1. The standard InChI is InChI=1S/C34H46N/c1-4-29(31-15-9-6-10-16-31)25-34(26-30(5-2)32-17-11-7-12-18-32)33-21-19-28(20-22-33)27-35(3)23-13-8-14-24-35/h6-7,9-12,15-22,29-30,34H,4-5,8,13-14,23-27H2,1-3H3/q+1. The quantitative estimate of drug-likeness (QED) is 0.246. The minimum absolute atomic E-state index is 0.569. The number of piperidine rings is 1. The number of hydrogen-bond donors (Lipinski definition) is 0. The summed E-state index contributed by atoms with van der Waals surface area (Å²) >= 11 is 0. The summed E-state index contributed by atoms with van der Waals surface area (Å²) in [6.45, 7) is 8.54. The molecule has 3 aromatic rings. The van der Waals surface area contributed by atoms with E-state index in [1.54, 1.807) is 0 Å². The van der Waals surface area contributed by atoms with Crippen LogP contribution in [0.3, 0.4) is 0 Å². The number of nitrogens with zero attached hydrogens (tertiary/aromatic N) is 1. The molecule has 1 aliphatic heterocycles. The van der Waals surface area contributed by atoms with E-state index in [2.05, 4.69) is 106 Å². The van der Waals surface area contributed by atoms with E-state index in [0.29, 0.717) is 17.8 Å². The zero-order valence-corrected chi connectivity index (χ0v) is 22.3. The minimum Gasteiger partial charge on any atom is -0.322 e. The summed E-state index contributed by atoms with van der Waals surface area (Å²) in [6.07, 6.45) is 8.99. The molecule has 2 atom stereocenters. The second-order valence-electron chi connectivity index (χ2n) is 11.2. The fourth-order valence-electron chi connectivity index (χ4n) is 6.35. The molecule has 0 aliphatic carbocycles. The zero-order chi connectivity index (χ0) is 24.5. The molecule has 1 fully saturated rings. The molecule has 2 unspecified atom stereocenters. The molecular formula is C34H46N+. The Morgan fingerprint density at radius 3 is 1.49 bits per heavy atom. The van der Waals surface area contributed by atoms with E-state index < -0.39 is 0 Å². The van der Waals surface area contributed by atoms with Crippen molar-refractivity contribution in [3.63, 3.8) is 0 Å². The second kappa shape index (κ2) is 12.5. The Hall–Kier alpha value is -2.38. The van der Waals surface area contributed by atoms with Gasteiger partial charge in [0.05, 0.1) is 20.1 Å². The van der Waals surface area contributed by atoms with E-state index in [-0.39, 0.29) is 0 Å². The molecule has 1 saturated heterocycles. The highest BCUT2D eigenvalue weighted by atomic mass is 15.3. The molecule has 0 aromatic heterocycles. The van der Waals surface area contributed by atoms with Crippen LogP contribution in [0.2, 0.25) is 0 Å². The van der Waals surface area contributed by atoms with Gasteiger partial charge in [-0.3, -0.25) is 0 Å². The van der Waals surface area contributed by atoms with Crippen molar-refractivity contribution >= 4 is 0 Å². The van der Waals surface area contributed by atoms with Crippen molar-refractivity contribution in [2.24, 2.45) is 0 Å². The average molecular weight is 469 g/mol. The molecule has 1 nitrogen and oxygen atoms in total. The summed E-state index contributed by atoms with van der Waals surface area (Å²) in [5.41, 5.74) is 6.01. The van der Waals surface area contributed by atoms with Crippen molar-refractivity contribution < 1.29 is 4.48 Å². The van der Waals surface area contributed by atoms with Crippen LogP contribution in [0.25, 0.3) is 0 Å². The third-order valence-corrected chi connectivity index (χ3v) is 8.58. The molecule has 35 heavy (non-hydrogen) atoms. The maximum absolute atomic E-state index is 2.46. The van der Waals surface area contributed by atoms with Gasteiger partial charge in [0.1, 0.15) is 6.54 Å². The van der Waals surface area contributed by atoms with Crippen LogP contribution in [0.4, 0.5) is 0 Å². The molecule has 0 saturated carbocycles. The normalized spacial score (nSPS) is 18.0. The van der Waals surface area contributed by atoms with Gasteiger partial charge in [0.15, 0.2) is 0 Å². The predicted molar refractivity (Wildman–Crippen MR) is 151 cm³/mol. The summed E-state index contributed by atoms with van der Waals surface area (Å²) in [4.78, 5) is 0. The average Bonchev–Trinajstić information content (AvgIpc) is 2.91. The number of quaternary nitrogens is 1. The smallest absolute Gasteiger partial charge is 0.104 e. The van der Waals surface area contributed by atoms with E-state index in [0.717, 1.165) is 0 Å². The second-order valence-corrected chi connectivity index (χ2v) is 11.2. The van der Waals surface area contributed by atoms with E-state index in [4.69, 9.17) is 0 Å². The molecule has 186 valence electrons. The van der Waals surface area contributed by atoms with Crippen molar-refractivity contribution in [1.29, 1.82) is 0 Å².